The van der Waals surface area contributed by atoms with Crippen molar-refractivity contribution in [1.82, 2.24) is 30.3 Å². The van der Waals surface area contributed by atoms with Gasteiger partial charge in [0, 0.05) is 27.9 Å². The minimum atomic E-state index is -0.0594. The van der Waals surface area contributed by atoms with Crippen LogP contribution in [0, 0.1) is 20.8 Å². The molecule has 0 radical (unpaired) electrons. The smallest absolute Gasteiger partial charge is 0.145 e. The van der Waals surface area contributed by atoms with E-state index in [4.69, 9.17) is 14.2 Å². The highest BCUT2D eigenvalue weighted by molar-refractivity contribution is 6.13. The number of anilines is 2. The van der Waals surface area contributed by atoms with Crippen LogP contribution in [0.2, 0.25) is 0 Å². The largest absolute Gasteiger partial charge is 0.496 e. The van der Waals surface area contributed by atoms with Crippen molar-refractivity contribution in [2.75, 3.05) is 12.4 Å². The quantitative estimate of drug-likeness (QED) is 0.336. The van der Waals surface area contributed by atoms with Gasteiger partial charge < -0.3 is 19.6 Å². The third-order valence-electron chi connectivity index (χ3n) is 5.78. The van der Waals surface area contributed by atoms with Crippen LogP contribution in [0.3, 0.4) is 0 Å². The molecule has 0 aliphatic rings. The molecule has 0 saturated carbocycles. The van der Waals surface area contributed by atoms with Crippen LogP contribution in [-0.4, -0.2) is 37.4 Å². The highest BCUT2D eigenvalue weighted by atomic mass is 16.5. The van der Waals surface area contributed by atoms with E-state index >= 15 is 0 Å². The van der Waals surface area contributed by atoms with Crippen LogP contribution in [0.15, 0.2) is 22.7 Å². The summed E-state index contributed by atoms with van der Waals surface area (Å²) in [5, 5.41) is 16.9. The second kappa shape index (κ2) is 7.33. The second-order valence-electron chi connectivity index (χ2n) is 9.31. The number of fused-ring (bicyclic) bond motifs is 3. The zero-order valence-corrected chi connectivity index (χ0v) is 19.8. The van der Waals surface area contributed by atoms with Crippen molar-refractivity contribution in [3.05, 3.63) is 41.2 Å². The molecule has 1 aromatic carbocycles. The molecule has 5 rings (SSSR count). The maximum atomic E-state index is 5.77. The summed E-state index contributed by atoms with van der Waals surface area (Å²) in [6.07, 6.45) is 0. The van der Waals surface area contributed by atoms with E-state index in [9.17, 15) is 0 Å². The van der Waals surface area contributed by atoms with Crippen molar-refractivity contribution in [2.24, 2.45) is 0 Å². The summed E-state index contributed by atoms with van der Waals surface area (Å²) in [5.41, 5.74) is 5.23. The molecule has 0 aliphatic carbocycles. The van der Waals surface area contributed by atoms with Crippen LogP contribution in [-0.2, 0) is 5.41 Å². The van der Waals surface area contributed by atoms with Crippen LogP contribution >= 0.6 is 0 Å². The maximum absolute atomic E-state index is 5.77. The number of rotatable bonds is 4. The molecule has 3 N–H and O–H groups in total. The van der Waals surface area contributed by atoms with E-state index in [1.807, 2.05) is 32.9 Å². The molecule has 9 heteroatoms. The average molecular weight is 446 g/mol. The van der Waals surface area contributed by atoms with Gasteiger partial charge in [-0.2, -0.15) is 5.10 Å². The number of nitrogens with zero attached hydrogens (tertiary/aromatic N) is 4. The molecule has 0 aliphatic heterocycles. The van der Waals surface area contributed by atoms with E-state index in [2.05, 4.69) is 57.5 Å². The van der Waals surface area contributed by atoms with E-state index in [1.165, 1.54) is 0 Å². The Labute approximate surface area is 191 Å². The van der Waals surface area contributed by atoms with Crippen molar-refractivity contribution in [1.29, 1.82) is 0 Å². The highest BCUT2D eigenvalue weighted by Crippen LogP contribution is 2.41. The lowest BCUT2D eigenvalue weighted by molar-refractivity contribution is 0.393. The average Bonchev–Trinajstić information content (AvgIpc) is 3.43. The molecular formula is C24H27N7O2. The van der Waals surface area contributed by atoms with Crippen molar-refractivity contribution in [2.45, 2.75) is 47.0 Å². The zero-order chi connectivity index (χ0) is 23.5. The highest BCUT2D eigenvalue weighted by Gasteiger charge is 2.22. The lowest BCUT2D eigenvalue weighted by atomic mass is 9.92. The minimum Gasteiger partial charge on any atom is -0.496 e. The number of benzene rings is 1. The Hall–Kier alpha value is -3.88. The third-order valence-corrected chi connectivity index (χ3v) is 5.78. The summed E-state index contributed by atoms with van der Waals surface area (Å²) in [6, 6.07) is 6.07. The van der Waals surface area contributed by atoms with Crippen LogP contribution in [0.1, 0.15) is 43.7 Å². The van der Waals surface area contributed by atoms with Gasteiger partial charge in [-0.1, -0.05) is 25.9 Å². The lowest BCUT2D eigenvalue weighted by Gasteiger charge is -2.13. The van der Waals surface area contributed by atoms with Crippen LogP contribution in [0.4, 0.5) is 11.6 Å². The molecule has 0 atom stereocenters. The summed E-state index contributed by atoms with van der Waals surface area (Å²) >= 11 is 0. The Kier molecular flexibility index (Phi) is 4.66. The van der Waals surface area contributed by atoms with E-state index in [-0.39, 0.29) is 5.41 Å². The Morgan fingerprint density at radius 1 is 1.06 bits per heavy atom. The molecule has 4 heterocycles. The Morgan fingerprint density at radius 3 is 2.48 bits per heavy atom. The molecule has 33 heavy (non-hydrogen) atoms. The van der Waals surface area contributed by atoms with Crippen LogP contribution in [0.25, 0.3) is 33.1 Å². The molecule has 0 amide bonds. The minimum absolute atomic E-state index is 0.0594. The molecule has 0 unspecified atom stereocenters. The standard InChI is InChI=1S/C24H27N7O2/c1-11-20(12(2)33-31-11)15-8-16-14(9-17(15)32-7)21-22(27-16)25-13(3)26-23(21)28-19-10-18(29-30-19)24(4,5)6/h8-10H,1-7H3,(H3,25,26,27,28,29,30). The predicted octanol–water partition coefficient (Wildman–Crippen LogP) is 5.46. The van der Waals surface area contributed by atoms with Crippen molar-refractivity contribution < 1.29 is 9.26 Å². The Balaban J connectivity index is 1.70. The fraction of sp³-hybridized carbons (Fsp3) is 0.333. The third kappa shape index (κ3) is 3.49. The number of nitrogens with one attached hydrogen (secondary N) is 3. The van der Waals surface area contributed by atoms with Gasteiger partial charge in [0.1, 0.15) is 34.6 Å². The van der Waals surface area contributed by atoms with Gasteiger partial charge in [0.25, 0.3) is 0 Å². The molecule has 0 bridgehead atoms. The molecule has 5 aromatic rings. The number of aromatic nitrogens is 6. The number of aromatic amines is 2. The van der Waals surface area contributed by atoms with Crippen molar-refractivity contribution in [3.63, 3.8) is 0 Å². The van der Waals surface area contributed by atoms with Crippen molar-refractivity contribution >= 4 is 33.6 Å². The summed E-state index contributed by atoms with van der Waals surface area (Å²) in [5.74, 6) is 3.59. The summed E-state index contributed by atoms with van der Waals surface area (Å²) in [7, 11) is 1.66. The molecule has 0 fully saturated rings. The molecule has 170 valence electrons. The molecular weight excluding hydrogens is 418 g/mol. The normalized spacial score (nSPS) is 12.1. The summed E-state index contributed by atoms with van der Waals surface area (Å²) in [4.78, 5) is 12.8. The van der Waals surface area contributed by atoms with Crippen molar-refractivity contribution in [3.8, 4) is 16.9 Å². The van der Waals surface area contributed by atoms with E-state index in [0.29, 0.717) is 11.6 Å². The van der Waals surface area contributed by atoms with Crippen LogP contribution < -0.4 is 10.1 Å². The number of aryl methyl sites for hydroxylation is 3. The number of hydrogen-bond acceptors (Lipinski definition) is 7. The first kappa shape index (κ1) is 21.0. The SMILES string of the molecule is COc1cc2c(cc1-c1c(C)noc1C)[nH]c1nc(C)nc(Nc3cc(C(C)(C)C)n[nH]3)c12. The lowest BCUT2D eigenvalue weighted by Crippen LogP contribution is -2.11. The predicted molar refractivity (Wildman–Crippen MR) is 128 cm³/mol. The Morgan fingerprint density at radius 2 is 1.85 bits per heavy atom. The van der Waals surface area contributed by atoms with Crippen LogP contribution in [0.5, 0.6) is 5.75 Å². The van der Waals surface area contributed by atoms with Gasteiger partial charge in [-0.15, -0.1) is 0 Å². The van der Waals surface area contributed by atoms with Gasteiger partial charge in [-0.3, -0.25) is 5.10 Å². The Bertz CT molecular complexity index is 1480. The maximum Gasteiger partial charge on any atom is 0.145 e. The molecule has 4 aromatic heterocycles. The number of methoxy groups -OCH3 is 1. The zero-order valence-electron chi connectivity index (χ0n) is 19.8. The van der Waals surface area contributed by atoms with E-state index in [1.54, 1.807) is 7.11 Å². The first-order valence-electron chi connectivity index (χ1n) is 10.8. The van der Waals surface area contributed by atoms with Gasteiger partial charge >= 0.3 is 0 Å². The summed E-state index contributed by atoms with van der Waals surface area (Å²) < 4.78 is 11.2. The molecule has 0 saturated heterocycles. The first-order chi connectivity index (χ1) is 15.7. The molecule has 0 spiro atoms. The monoisotopic (exact) mass is 445 g/mol. The summed E-state index contributed by atoms with van der Waals surface area (Å²) in [6.45, 7) is 12.1. The van der Waals surface area contributed by atoms with Gasteiger partial charge in [0.2, 0.25) is 0 Å². The number of ether oxygens (including phenoxy) is 1. The van der Waals surface area contributed by atoms with Gasteiger partial charge in [0.05, 0.1) is 29.4 Å². The van der Waals surface area contributed by atoms with E-state index < -0.39 is 0 Å². The topological polar surface area (TPSA) is 118 Å². The van der Waals surface area contributed by atoms with Gasteiger partial charge in [0.15, 0.2) is 0 Å². The van der Waals surface area contributed by atoms with Gasteiger partial charge in [-0.25, -0.2) is 9.97 Å². The number of H-pyrrole nitrogens is 2. The first-order valence-corrected chi connectivity index (χ1v) is 10.8. The second-order valence-corrected chi connectivity index (χ2v) is 9.31. The fourth-order valence-electron chi connectivity index (χ4n) is 4.16. The molecule has 9 nitrogen and oxygen atoms in total. The fourth-order valence-corrected chi connectivity index (χ4v) is 4.16. The number of hydrogen-bond donors (Lipinski definition) is 3. The van der Waals surface area contributed by atoms with E-state index in [0.717, 1.165) is 61.8 Å². The van der Waals surface area contributed by atoms with Gasteiger partial charge in [-0.05, 0) is 32.9 Å².